The van der Waals surface area contributed by atoms with Crippen molar-refractivity contribution in [3.05, 3.63) is 24.3 Å². The van der Waals surface area contributed by atoms with E-state index < -0.39 is 23.9 Å². The van der Waals surface area contributed by atoms with E-state index in [9.17, 15) is 18.0 Å². The number of hydrogen-bond donors (Lipinski definition) is 0. The number of likely N-dealkylation sites (tertiary alicyclic amines) is 1. The van der Waals surface area contributed by atoms with Gasteiger partial charge in [-0.3, -0.25) is 4.79 Å². The molecule has 1 aromatic rings. The second-order valence-electron chi connectivity index (χ2n) is 5.05. The normalized spacial score (nSPS) is 18.3. The Kier molecular flexibility index (Phi) is 6.04. The molecular formula is C15H18F3NO3S. The van der Waals surface area contributed by atoms with Crippen LogP contribution in [0.3, 0.4) is 0 Å². The van der Waals surface area contributed by atoms with Gasteiger partial charge in [-0.15, -0.1) is 11.8 Å². The Hall–Kier alpha value is -1.57. The Balaban J connectivity index is 1.69. The van der Waals surface area contributed by atoms with E-state index in [1.54, 1.807) is 31.4 Å². The van der Waals surface area contributed by atoms with Gasteiger partial charge < -0.3 is 14.4 Å². The summed E-state index contributed by atoms with van der Waals surface area (Å²) < 4.78 is 47.5. The van der Waals surface area contributed by atoms with E-state index in [4.69, 9.17) is 9.47 Å². The van der Waals surface area contributed by atoms with Crippen LogP contribution in [0.15, 0.2) is 24.3 Å². The maximum atomic E-state index is 12.3. The molecule has 1 fully saturated rings. The third-order valence-corrected chi connectivity index (χ3v) is 4.59. The zero-order chi connectivity index (χ0) is 16.9. The molecular weight excluding hydrogens is 331 g/mol. The predicted octanol–water partition coefficient (Wildman–Crippen LogP) is 2.97. The lowest BCUT2D eigenvalue weighted by molar-refractivity contribution is -0.157. The third-order valence-electron chi connectivity index (χ3n) is 3.35. The molecule has 128 valence electrons. The summed E-state index contributed by atoms with van der Waals surface area (Å²) in [6.45, 7) is -0.610. The second kappa shape index (κ2) is 7.81. The van der Waals surface area contributed by atoms with Crippen LogP contribution in [0, 0.1) is 0 Å². The van der Waals surface area contributed by atoms with Crippen LogP contribution in [0.4, 0.5) is 13.2 Å². The molecule has 1 amide bonds. The molecule has 0 N–H and O–H groups in total. The number of alkyl halides is 3. The average Bonchev–Trinajstić information content (AvgIpc) is 2.83. The van der Waals surface area contributed by atoms with Gasteiger partial charge in [0, 0.05) is 12.3 Å². The molecule has 0 saturated carbocycles. The molecule has 1 heterocycles. The van der Waals surface area contributed by atoms with Crippen molar-refractivity contribution in [2.45, 2.75) is 17.8 Å². The zero-order valence-electron chi connectivity index (χ0n) is 12.6. The molecule has 1 aromatic carbocycles. The van der Waals surface area contributed by atoms with E-state index >= 15 is 0 Å². The highest BCUT2D eigenvalue weighted by Gasteiger charge is 2.39. The molecule has 0 aliphatic carbocycles. The Labute approximate surface area is 136 Å². The van der Waals surface area contributed by atoms with Gasteiger partial charge in [-0.1, -0.05) is 0 Å². The van der Waals surface area contributed by atoms with Crippen molar-refractivity contribution in [1.82, 2.24) is 4.90 Å². The molecule has 8 heteroatoms. The molecule has 4 nitrogen and oxygen atoms in total. The number of halogens is 3. The molecule has 0 radical (unpaired) electrons. The maximum Gasteiger partial charge on any atom is 0.406 e. The minimum absolute atomic E-state index is 0.162. The van der Waals surface area contributed by atoms with Crippen LogP contribution >= 0.6 is 11.8 Å². The van der Waals surface area contributed by atoms with Crippen molar-refractivity contribution in [2.24, 2.45) is 0 Å². The largest absolute Gasteiger partial charge is 0.497 e. The van der Waals surface area contributed by atoms with Crippen molar-refractivity contribution < 1.29 is 27.4 Å². The van der Waals surface area contributed by atoms with Crippen LogP contribution in [0.1, 0.15) is 6.42 Å². The lowest BCUT2D eigenvalue weighted by atomic mass is 10.3. The van der Waals surface area contributed by atoms with E-state index in [1.807, 2.05) is 0 Å². The Bertz CT molecular complexity index is 522. The van der Waals surface area contributed by atoms with Crippen LogP contribution in [0.5, 0.6) is 11.5 Å². The number of carbonyl (C=O) groups excluding carboxylic acids is 1. The van der Waals surface area contributed by atoms with Crippen LogP contribution in [-0.2, 0) is 4.79 Å². The van der Waals surface area contributed by atoms with Crippen molar-refractivity contribution in [3.63, 3.8) is 0 Å². The van der Waals surface area contributed by atoms with Gasteiger partial charge in [0.25, 0.3) is 0 Å². The summed E-state index contributed by atoms with van der Waals surface area (Å²) in [5.74, 6) is 1.52. The number of carbonyl (C=O) groups is 1. The topological polar surface area (TPSA) is 38.8 Å². The Morgan fingerprint density at radius 3 is 2.52 bits per heavy atom. The van der Waals surface area contributed by atoms with Crippen LogP contribution < -0.4 is 9.47 Å². The fourth-order valence-corrected chi connectivity index (χ4v) is 3.29. The van der Waals surface area contributed by atoms with E-state index in [2.05, 4.69) is 0 Å². The first-order valence-electron chi connectivity index (χ1n) is 7.13. The van der Waals surface area contributed by atoms with Gasteiger partial charge in [-0.05, 0) is 30.7 Å². The average molecular weight is 349 g/mol. The first-order valence-corrected chi connectivity index (χ1v) is 8.18. The zero-order valence-corrected chi connectivity index (χ0v) is 13.5. The first kappa shape index (κ1) is 17.8. The number of thioether (sulfide) groups is 1. The molecule has 0 aromatic heterocycles. The molecule has 2 rings (SSSR count). The molecule has 23 heavy (non-hydrogen) atoms. The number of ether oxygens (including phenoxy) is 2. The highest BCUT2D eigenvalue weighted by Crippen LogP contribution is 2.27. The van der Waals surface area contributed by atoms with Gasteiger partial charge >= 0.3 is 6.18 Å². The number of amides is 1. The number of rotatable bonds is 7. The highest BCUT2D eigenvalue weighted by atomic mass is 32.2. The summed E-state index contributed by atoms with van der Waals surface area (Å²) in [6.07, 6.45) is -3.89. The van der Waals surface area contributed by atoms with Gasteiger partial charge in [0.2, 0.25) is 5.91 Å². The van der Waals surface area contributed by atoms with Gasteiger partial charge in [0.1, 0.15) is 18.0 Å². The van der Waals surface area contributed by atoms with E-state index in [-0.39, 0.29) is 6.54 Å². The third kappa shape index (κ3) is 5.53. The number of nitrogens with zero attached hydrogens (tertiary/aromatic N) is 1. The molecule has 0 unspecified atom stereocenters. The maximum absolute atomic E-state index is 12.3. The minimum Gasteiger partial charge on any atom is -0.497 e. The Morgan fingerprint density at radius 1 is 1.26 bits per heavy atom. The minimum atomic E-state index is -4.34. The summed E-state index contributed by atoms with van der Waals surface area (Å²) in [5.41, 5.74) is 0. The molecule has 1 saturated heterocycles. The molecule has 0 spiro atoms. The van der Waals surface area contributed by atoms with Gasteiger partial charge in [0.05, 0.1) is 19.0 Å². The van der Waals surface area contributed by atoms with Crippen molar-refractivity contribution in [2.75, 3.05) is 32.6 Å². The fraction of sp³-hybridized carbons (Fsp3) is 0.533. The number of methoxy groups -OCH3 is 1. The number of benzene rings is 1. The highest BCUT2D eigenvalue weighted by molar-refractivity contribution is 8.00. The smallest absolute Gasteiger partial charge is 0.406 e. The summed E-state index contributed by atoms with van der Waals surface area (Å²) in [6, 6.07) is 7.10. The summed E-state index contributed by atoms with van der Waals surface area (Å²) in [5, 5.41) is -0.406. The van der Waals surface area contributed by atoms with Gasteiger partial charge in [-0.2, -0.15) is 13.2 Å². The monoisotopic (exact) mass is 349 g/mol. The van der Waals surface area contributed by atoms with Gasteiger partial charge in [0.15, 0.2) is 0 Å². The van der Waals surface area contributed by atoms with Crippen LogP contribution in [0.25, 0.3) is 0 Å². The van der Waals surface area contributed by atoms with Crippen LogP contribution in [-0.4, -0.2) is 54.8 Å². The lowest BCUT2D eigenvalue weighted by Gasteiger charge is -2.18. The van der Waals surface area contributed by atoms with Crippen LogP contribution in [0.2, 0.25) is 0 Å². The van der Waals surface area contributed by atoms with Gasteiger partial charge in [-0.25, -0.2) is 0 Å². The SMILES string of the molecule is COc1ccc(OCCS[C@H]2CCN(CC(F)(F)F)C2=O)cc1. The summed E-state index contributed by atoms with van der Waals surface area (Å²) in [4.78, 5) is 12.7. The molecule has 1 aliphatic rings. The second-order valence-corrected chi connectivity index (χ2v) is 6.36. The fourth-order valence-electron chi connectivity index (χ4n) is 2.26. The van der Waals surface area contributed by atoms with E-state index in [1.165, 1.54) is 11.8 Å². The lowest BCUT2D eigenvalue weighted by Crippen LogP contribution is -2.36. The quantitative estimate of drug-likeness (QED) is 0.710. The van der Waals surface area contributed by atoms with Crippen molar-refractivity contribution in [1.29, 1.82) is 0 Å². The summed E-state index contributed by atoms with van der Waals surface area (Å²) in [7, 11) is 1.58. The van der Waals surface area contributed by atoms with Crippen molar-refractivity contribution >= 4 is 17.7 Å². The number of hydrogen-bond acceptors (Lipinski definition) is 4. The molecule has 0 bridgehead atoms. The first-order chi connectivity index (χ1) is 10.9. The van der Waals surface area contributed by atoms with Crippen molar-refractivity contribution in [3.8, 4) is 11.5 Å². The van der Waals surface area contributed by atoms with E-state index in [0.717, 1.165) is 10.6 Å². The van der Waals surface area contributed by atoms with E-state index in [0.29, 0.717) is 24.5 Å². The predicted molar refractivity (Wildman–Crippen MR) is 82.0 cm³/mol. The standard InChI is InChI=1S/C15H18F3NO3S/c1-21-11-2-4-12(5-3-11)22-8-9-23-13-6-7-19(14(13)20)10-15(16,17)18/h2-5,13H,6-10H2,1H3/t13-/m0/s1. The summed E-state index contributed by atoms with van der Waals surface area (Å²) >= 11 is 1.34. The Morgan fingerprint density at radius 2 is 1.91 bits per heavy atom. The molecule has 1 aliphatic heterocycles. The molecule has 1 atom stereocenters.